The molecule has 3 heteroatoms. The van der Waals surface area contributed by atoms with E-state index >= 15 is 0 Å². The summed E-state index contributed by atoms with van der Waals surface area (Å²) in [5.74, 6) is -1.03. The monoisotopic (exact) mass is 206 g/mol. The molecule has 0 atom stereocenters. The highest BCUT2D eigenvalue weighted by atomic mass is 35.5. The van der Waals surface area contributed by atoms with Crippen LogP contribution in [0.25, 0.3) is 5.03 Å². The van der Waals surface area contributed by atoms with E-state index < -0.39 is 11.6 Å². The zero-order valence-corrected chi connectivity index (χ0v) is 8.26. The highest BCUT2D eigenvalue weighted by molar-refractivity contribution is 6.59. The van der Waals surface area contributed by atoms with Gasteiger partial charge in [-0.25, -0.2) is 0 Å². The molecule has 0 aromatic heterocycles. The molecule has 2 rings (SSSR count). The number of halogens is 1. The lowest BCUT2D eigenvalue weighted by molar-refractivity contribution is -0.110. The fourth-order valence-corrected chi connectivity index (χ4v) is 1.70. The second-order valence-electron chi connectivity index (χ2n) is 3.23. The Hall–Kier alpha value is -1.41. The highest BCUT2D eigenvalue weighted by Gasteiger charge is 2.24. The number of hydrogen-bond donors (Lipinski definition) is 0. The average Bonchev–Trinajstić information content (AvgIpc) is 2.14. The molecule has 1 aromatic rings. The maximum atomic E-state index is 11.4. The largest absolute Gasteiger partial charge is 0.285 e. The first-order valence-electron chi connectivity index (χ1n) is 4.16. The Kier molecular flexibility index (Phi) is 2.01. The van der Waals surface area contributed by atoms with Crippen LogP contribution < -0.4 is 0 Å². The van der Waals surface area contributed by atoms with E-state index in [0.717, 1.165) is 5.56 Å². The van der Waals surface area contributed by atoms with Crippen LogP contribution in [0.4, 0.5) is 0 Å². The molecule has 0 aliphatic heterocycles. The summed E-state index contributed by atoms with van der Waals surface area (Å²) < 4.78 is 0. The Labute approximate surface area is 86.2 Å². The zero-order valence-electron chi connectivity index (χ0n) is 7.50. The number of Topliss-reactive ketones (excluding diaryl/α,β-unsaturated/α-hetero) is 1. The van der Waals surface area contributed by atoms with Crippen LogP contribution in [0.3, 0.4) is 0 Å². The smallest absolute Gasteiger partial charge is 0.233 e. The summed E-state index contributed by atoms with van der Waals surface area (Å²) in [6.45, 7) is 1.91. The molecule has 0 spiro atoms. The van der Waals surface area contributed by atoms with Crippen molar-refractivity contribution >= 4 is 28.2 Å². The van der Waals surface area contributed by atoms with E-state index in [1.807, 2.05) is 6.92 Å². The minimum absolute atomic E-state index is 0.341. The van der Waals surface area contributed by atoms with Gasteiger partial charge in [-0.2, -0.15) is 0 Å². The Balaban J connectivity index is 2.72. The van der Waals surface area contributed by atoms with Crippen LogP contribution in [0.2, 0.25) is 0 Å². The van der Waals surface area contributed by atoms with Crippen molar-refractivity contribution in [3.63, 3.8) is 0 Å². The van der Waals surface area contributed by atoms with Gasteiger partial charge in [0.2, 0.25) is 11.6 Å². The number of carbonyl (C=O) groups is 2. The molecular weight excluding hydrogens is 200 g/mol. The Morgan fingerprint density at radius 3 is 2.57 bits per heavy atom. The van der Waals surface area contributed by atoms with Crippen LogP contribution in [0, 0.1) is 6.92 Å². The lowest BCUT2D eigenvalue weighted by atomic mass is 9.94. The van der Waals surface area contributed by atoms with Gasteiger partial charge in [-0.05, 0) is 19.1 Å². The number of ketones is 2. The van der Waals surface area contributed by atoms with Crippen LogP contribution in [0.5, 0.6) is 0 Å². The van der Waals surface area contributed by atoms with Crippen LogP contribution in [-0.2, 0) is 4.79 Å². The van der Waals surface area contributed by atoms with E-state index in [0.29, 0.717) is 16.2 Å². The molecule has 0 heterocycles. The van der Waals surface area contributed by atoms with Gasteiger partial charge in [0.25, 0.3) is 0 Å². The van der Waals surface area contributed by atoms with Gasteiger partial charge in [0.1, 0.15) is 0 Å². The number of rotatable bonds is 0. The molecule has 70 valence electrons. The van der Waals surface area contributed by atoms with Gasteiger partial charge in [0.05, 0.1) is 5.03 Å². The molecule has 0 fully saturated rings. The molecule has 0 radical (unpaired) electrons. The summed E-state index contributed by atoms with van der Waals surface area (Å²) in [4.78, 5) is 22.6. The van der Waals surface area contributed by atoms with E-state index in [1.165, 1.54) is 6.08 Å². The Bertz CT molecular complexity index is 472. The SMILES string of the molecule is Cc1ccc2c(c1)C(Cl)=CC(=O)C2=O. The van der Waals surface area contributed by atoms with Crippen molar-refractivity contribution in [3.05, 3.63) is 41.0 Å². The molecule has 0 saturated carbocycles. The third-order valence-corrected chi connectivity index (χ3v) is 2.47. The summed E-state index contributed by atoms with van der Waals surface area (Å²) in [7, 11) is 0. The van der Waals surface area contributed by atoms with Crippen LogP contribution in [0.15, 0.2) is 24.3 Å². The fraction of sp³-hybridized carbons (Fsp3) is 0.0909. The number of aryl methyl sites for hydroxylation is 1. The second kappa shape index (κ2) is 3.07. The second-order valence-corrected chi connectivity index (χ2v) is 3.64. The maximum absolute atomic E-state index is 11.4. The quantitative estimate of drug-likeness (QED) is 0.611. The molecule has 2 nitrogen and oxygen atoms in total. The third-order valence-electron chi connectivity index (χ3n) is 2.16. The zero-order chi connectivity index (χ0) is 10.3. The van der Waals surface area contributed by atoms with Gasteiger partial charge in [-0.3, -0.25) is 9.59 Å². The summed E-state index contributed by atoms with van der Waals surface area (Å²) in [6, 6.07) is 5.23. The minimum Gasteiger partial charge on any atom is -0.285 e. The predicted molar refractivity (Wildman–Crippen MR) is 54.3 cm³/mol. The maximum Gasteiger partial charge on any atom is 0.233 e. The van der Waals surface area contributed by atoms with Gasteiger partial charge in [0.15, 0.2) is 0 Å². The molecule has 1 aliphatic carbocycles. The summed E-state index contributed by atoms with van der Waals surface area (Å²) >= 11 is 5.87. The van der Waals surface area contributed by atoms with Gasteiger partial charge in [-0.15, -0.1) is 0 Å². The minimum atomic E-state index is -0.550. The van der Waals surface area contributed by atoms with Crippen molar-refractivity contribution in [2.75, 3.05) is 0 Å². The van der Waals surface area contributed by atoms with Crippen molar-refractivity contribution in [2.24, 2.45) is 0 Å². The number of fused-ring (bicyclic) bond motifs is 1. The summed E-state index contributed by atoms with van der Waals surface area (Å²) in [5, 5.41) is 0.341. The first-order valence-corrected chi connectivity index (χ1v) is 4.54. The standard InChI is InChI=1S/C11H7ClO2/c1-6-2-3-7-8(4-6)9(12)5-10(13)11(7)14/h2-5H,1H3. The molecule has 0 unspecified atom stereocenters. The molecule has 1 aromatic carbocycles. The van der Waals surface area contributed by atoms with Crippen LogP contribution in [-0.4, -0.2) is 11.6 Å². The fourth-order valence-electron chi connectivity index (χ4n) is 1.44. The average molecular weight is 207 g/mol. The lowest BCUT2D eigenvalue weighted by Crippen LogP contribution is -2.17. The normalized spacial score (nSPS) is 15.1. The van der Waals surface area contributed by atoms with E-state index in [-0.39, 0.29) is 0 Å². The van der Waals surface area contributed by atoms with Crippen LogP contribution >= 0.6 is 11.6 Å². The van der Waals surface area contributed by atoms with Crippen molar-refractivity contribution in [1.29, 1.82) is 0 Å². The van der Waals surface area contributed by atoms with E-state index in [9.17, 15) is 9.59 Å². The third kappa shape index (κ3) is 1.28. The number of carbonyl (C=O) groups excluding carboxylic acids is 2. The Morgan fingerprint density at radius 2 is 1.86 bits per heavy atom. The predicted octanol–water partition coefficient (Wildman–Crippen LogP) is 2.34. The van der Waals surface area contributed by atoms with Gasteiger partial charge in [0, 0.05) is 17.2 Å². The Morgan fingerprint density at radius 1 is 1.14 bits per heavy atom. The molecule has 0 N–H and O–H groups in total. The highest BCUT2D eigenvalue weighted by Crippen LogP contribution is 2.28. The van der Waals surface area contributed by atoms with Gasteiger partial charge in [-0.1, -0.05) is 23.2 Å². The lowest BCUT2D eigenvalue weighted by Gasteiger charge is -2.11. The van der Waals surface area contributed by atoms with Crippen molar-refractivity contribution in [2.45, 2.75) is 6.92 Å². The first kappa shape index (κ1) is 9.16. The number of allylic oxidation sites excluding steroid dienone is 1. The molecular formula is C11H7ClO2. The molecule has 0 amide bonds. The number of hydrogen-bond acceptors (Lipinski definition) is 2. The van der Waals surface area contributed by atoms with E-state index in [2.05, 4.69) is 0 Å². The van der Waals surface area contributed by atoms with Crippen molar-refractivity contribution in [1.82, 2.24) is 0 Å². The van der Waals surface area contributed by atoms with E-state index in [4.69, 9.17) is 11.6 Å². The summed E-state index contributed by atoms with van der Waals surface area (Å²) in [6.07, 6.45) is 1.17. The molecule has 0 saturated heterocycles. The van der Waals surface area contributed by atoms with Gasteiger partial charge >= 0.3 is 0 Å². The molecule has 0 bridgehead atoms. The van der Waals surface area contributed by atoms with Crippen molar-refractivity contribution < 1.29 is 9.59 Å². The van der Waals surface area contributed by atoms with E-state index in [1.54, 1.807) is 18.2 Å². The summed E-state index contributed by atoms with van der Waals surface area (Å²) in [5.41, 5.74) is 2.06. The molecule has 14 heavy (non-hydrogen) atoms. The van der Waals surface area contributed by atoms with Crippen LogP contribution in [0.1, 0.15) is 21.5 Å². The molecule has 1 aliphatic rings. The number of benzene rings is 1. The van der Waals surface area contributed by atoms with Crippen molar-refractivity contribution in [3.8, 4) is 0 Å². The topological polar surface area (TPSA) is 34.1 Å². The van der Waals surface area contributed by atoms with Gasteiger partial charge < -0.3 is 0 Å². The first-order chi connectivity index (χ1) is 6.59.